The summed E-state index contributed by atoms with van der Waals surface area (Å²) < 4.78 is 7.59. The first-order chi connectivity index (χ1) is 15.1. The smallest absolute Gasteiger partial charge is 0.277 e. The fourth-order valence-electron chi connectivity index (χ4n) is 4.34. The summed E-state index contributed by atoms with van der Waals surface area (Å²) >= 11 is 6.38. The Labute approximate surface area is 184 Å². The van der Waals surface area contributed by atoms with E-state index in [1.807, 2.05) is 30.3 Å². The first-order valence-electron chi connectivity index (χ1n) is 9.99. The van der Waals surface area contributed by atoms with E-state index in [0.717, 1.165) is 33.3 Å². The molecule has 5 nitrogen and oxygen atoms in total. The number of benzene rings is 3. The fourth-order valence-corrected chi connectivity index (χ4v) is 4.61. The molecule has 2 heterocycles. The largest absolute Gasteiger partial charge is 0.496 e. The zero-order valence-electron chi connectivity index (χ0n) is 17.1. The van der Waals surface area contributed by atoms with E-state index in [1.54, 1.807) is 30.3 Å². The zero-order chi connectivity index (χ0) is 21.7. The number of carbonyl (C=O) groups excluding carboxylic acids is 2. The third kappa shape index (κ3) is 2.77. The number of para-hydroxylation sites is 2. The predicted molar refractivity (Wildman–Crippen MR) is 123 cm³/mol. The van der Waals surface area contributed by atoms with E-state index in [1.165, 1.54) is 7.11 Å². The van der Waals surface area contributed by atoms with Crippen LogP contribution in [0.3, 0.4) is 0 Å². The molecule has 154 valence electrons. The van der Waals surface area contributed by atoms with Crippen LogP contribution in [0.1, 0.15) is 12.5 Å². The van der Waals surface area contributed by atoms with Crippen molar-refractivity contribution < 1.29 is 14.3 Å². The molecule has 0 aliphatic carbocycles. The number of methoxy groups -OCH3 is 1. The molecule has 0 atom stereocenters. The highest BCUT2D eigenvalue weighted by Gasteiger charge is 2.40. The van der Waals surface area contributed by atoms with Crippen LogP contribution in [-0.4, -0.2) is 23.5 Å². The third-order valence-corrected chi connectivity index (χ3v) is 6.08. The molecule has 0 unspecified atom stereocenters. The average molecular weight is 431 g/mol. The lowest BCUT2D eigenvalue weighted by atomic mass is 10.0. The van der Waals surface area contributed by atoms with Crippen molar-refractivity contribution in [3.8, 4) is 5.75 Å². The van der Waals surface area contributed by atoms with E-state index in [2.05, 4.69) is 17.6 Å². The fraction of sp³-hybridized carbons (Fsp3) is 0.120. The van der Waals surface area contributed by atoms with Crippen LogP contribution in [0, 0.1) is 0 Å². The minimum Gasteiger partial charge on any atom is -0.496 e. The maximum atomic E-state index is 13.4. The van der Waals surface area contributed by atoms with Gasteiger partial charge in [-0.05, 0) is 37.3 Å². The zero-order valence-corrected chi connectivity index (χ0v) is 17.8. The van der Waals surface area contributed by atoms with Gasteiger partial charge < -0.3 is 9.30 Å². The minimum atomic E-state index is -0.536. The molecule has 6 heteroatoms. The predicted octanol–water partition coefficient (Wildman–Crippen LogP) is 5.35. The van der Waals surface area contributed by atoms with Crippen LogP contribution in [0.25, 0.3) is 27.4 Å². The van der Waals surface area contributed by atoms with Crippen LogP contribution in [0.15, 0.2) is 71.8 Å². The van der Waals surface area contributed by atoms with Crippen molar-refractivity contribution in [3.05, 3.63) is 77.3 Å². The molecule has 5 rings (SSSR count). The highest BCUT2D eigenvalue weighted by molar-refractivity contribution is 6.60. The summed E-state index contributed by atoms with van der Waals surface area (Å²) in [5.74, 6) is -0.510. The molecular formula is C25H19ClN2O3. The van der Waals surface area contributed by atoms with Gasteiger partial charge in [0.05, 0.1) is 18.4 Å². The highest BCUT2D eigenvalue weighted by Crippen LogP contribution is 2.40. The topological polar surface area (TPSA) is 51.5 Å². The Morgan fingerprint density at radius 1 is 0.871 bits per heavy atom. The van der Waals surface area contributed by atoms with Crippen LogP contribution >= 0.6 is 11.6 Å². The molecule has 3 aromatic carbocycles. The van der Waals surface area contributed by atoms with Gasteiger partial charge in [-0.25, -0.2) is 4.90 Å². The van der Waals surface area contributed by atoms with Crippen LogP contribution in [0.5, 0.6) is 5.75 Å². The standard InChI is InChI=1S/C25H19ClN2O3/c1-3-27-19-10-6-4-8-16(19)18-14-15(12-13-20(18)27)28-24(29)22(23(26)25(28)30)17-9-5-7-11-21(17)31-2/h4-14H,3H2,1-2H3. The minimum absolute atomic E-state index is 0.106. The molecule has 2 amide bonds. The number of carbonyl (C=O) groups is 2. The molecule has 1 aromatic heterocycles. The van der Waals surface area contributed by atoms with Gasteiger partial charge >= 0.3 is 0 Å². The lowest BCUT2D eigenvalue weighted by molar-refractivity contribution is -0.119. The maximum Gasteiger partial charge on any atom is 0.277 e. The first-order valence-corrected chi connectivity index (χ1v) is 10.4. The molecule has 1 aliphatic heterocycles. The monoisotopic (exact) mass is 430 g/mol. The molecular weight excluding hydrogens is 412 g/mol. The van der Waals surface area contributed by atoms with Crippen molar-refractivity contribution in [2.75, 3.05) is 12.0 Å². The van der Waals surface area contributed by atoms with E-state index in [-0.39, 0.29) is 10.6 Å². The van der Waals surface area contributed by atoms with Crippen molar-refractivity contribution in [2.24, 2.45) is 0 Å². The third-order valence-electron chi connectivity index (χ3n) is 5.73. The number of nitrogens with zero attached hydrogens (tertiary/aromatic N) is 2. The number of rotatable bonds is 4. The Balaban J connectivity index is 1.65. The summed E-state index contributed by atoms with van der Waals surface area (Å²) in [5.41, 5.74) is 3.31. The number of halogens is 1. The molecule has 0 bridgehead atoms. The van der Waals surface area contributed by atoms with Crippen molar-refractivity contribution in [2.45, 2.75) is 13.5 Å². The second-order valence-corrected chi connectivity index (χ2v) is 7.68. The highest BCUT2D eigenvalue weighted by atomic mass is 35.5. The van der Waals surface area contributed by atoms with Crippen LogP contribution in [-0.2, 0) is 16.1 Å². The lowest BCUT2D eigenvalue weighted by Gasteiger charge is -2.16. The molecule has 31 heavy (non-hydrogen) atoms. The summed E-state index contributed by atoms with van der Waals surface area (Å²) in [6, 6.07) is 20.8. The molecule has 0 saturated carbocycles. The number of aromatic nitrogens is 1. The number of hydrogen-bond acceptors (Lipinski definition) is 3. The quantitative estimate of drug-likeness (QED) is 0.410. The Kier molecular flexibility index (Phi) is 4.56. The van der Waals surface area contributed by atoms with Gasteiger partial charge in [-0.2, -0.15) is 0 Å². The normalized spacial score (nSPS) is 14.4. The second-order valence-electron chi connectivity index (χ2n) is 7.30. The molecule has 0 fully saturated rings. The van der Waals surface area contributed by atoms with Crippen LogP contribution < -0.4 is 9.64 Å². The number of hydrogen-bond donors (Lipinski definition) is 0. The number of fused-ring (bicyclic) bond motifs is 3. The Morgan fingerprint density at radius 3 is 2.35 bits per heavy atom. The number of imide groups is 1. The van der Waals surface area contributed by atoms with Crippen molar-refractivity contribution in [1.29, 1.82) is 0 Å². The number of aryl methyl sites for hydroxylation is 1. The van der Waals surface area contributed by atoms with Crippen molar-refractivity contribution >= 4 is 56.5 Å². The molecule has 0 saturated heterocycles. The van der Waals surface area contributed by atoms with Gasteiger partial charge in [0, 0.05) is 33.9 Å². The molecule has 4 aromatic rings. The summed E-state index contributed by atoms with van der Waals surface area (Å²) in [5, 5.41) is 1.95. The summed E-state index contributed by atoms with van der Waals surface area (Å²) in [7, 11) is 1.52. The molecule has 0 N–H and O–H groups in total. The lowest BCUT2D eigenvalue weighted by Crippen LogP contribution is -2.31. The van der Waals surface area contributed by atoms with Crippen molar-refractivity contribution in [1.82, 2.24) is 4.57 Å². The second kappa shape index (κ2) is 7.29. The molecule has 0 radical (unpaired) electrons. The van der Waals surface area contributed by atoms with Crippen molar-refractivity contribution in [3.63, 3.8) is 0 Å². The van der Waals surface area contributed by atoms with Gasteiger partial charge in [-0.15, -0.1) is 0 Å². The van der Waals surface area contributed by atoms with Gasteiger partial charge in [0.1, 0.15) is 10.8 Å². The summed E-state index contributed by atoms with van der Waals surface area (Å²) in [4.78, 5) is 27.5. The van der Waals surface area contributed by atoms with E-state index in [0.29, 0.717) is 17.0 Å². The van der Waals surface area contributed by atoms with Crippen LogP contribution in [0.4, 0.5) is 5.69 Å². The van der Waals surface area contributed by atoms with E-state index < -0.39 is 11.8 Å². The SMILES string of the molecule is CCn1c2ccccc2c2cc(N3C(=O)C(Cl)=C(c4ccccc4OC)C3=O)ccc21. The van der Waals surface area contributed by atoms with Gasteiger partial charge in [0.25, 0.3) is 11.8 Å². The average Bonchev–Trinajstić information content (AvgIpc) is 3.23. The number of ether oxygens (including phenoxy) is 1. The number of amides is 2. The Hall–Kier alpha value is -3.57. The van der Waals surface area contributed by atoms with Gasteiger partial charge in [-0.3, -0.25) is 9.59 Å². The Morgan fingerprint density at radius 2 is 1.58 bits per heavy atom. The Bertz CT molecular complexity index is 1420. The molecule has 0 spiro atoms. The first kappa shape index (κ1) is 19.4. The van der Waals surface area contributed by atoms with E-state index in [4.69, 9.17) is 16.3 Å². The maximum absolute atomic E-state index is 13.4. The van der Waals surface area contributed by atoms with Gasteiger partial charge in [-0.1, -0.05) is 48.0 Å². The van der Waals surface area contributed by atoms with Gasteiger partial charge in [0.15, 0.2) is 0 Å². The van der Waals surface area contributed by atoms with Gasteiger partial charge in [0.2, 0.25) is 0 Å². The summed E-state index contributed by atoms with van der Waals surface area (Å²) in [6.45, 7) is 2.91. The molecule has 1 aliphatic rings. The summed E-state index contributed by atoms with van der Waals surface area (Å²) in [6.07, 6.45) is 0. The van der Waals surface area contributed by atoms with E-state index >= 15 is 0 Å². The van der Waals surface area contributed by atoms with E-state index in [9.17, 15) is 9.59 Å². The van der Waals surface area contributed by atoms with Crippen LogP contribution in [0.2, 0.25) is 0 Å². The number of anilines is 1.